The van der Waals surface area contributed by atoms with E-state index >= 15 is 0 Å². The Morgan fingerprint density at radius 3 is 2.27 bits per heavy atom. The van der Waals surface area contributed by atoms with Crippen molar-refractivity contribution in [3.63, 3.8) is 0 Å². The van der Waals surface area contributed by atoms with Gasteiger partial charge in [0.1, 0.15) is 0 Å². The fraction of sp³-hybridized carbons (Fsp3) is 0.200. The Morgan fingerprint density at radius 1 is 1.00 bits per heavy atom. The molecule has 0 heterocycles. The van der Waals surface area contributed by atoms with Crippen LogP contribution in [0.5, 0.6) is 0 Å². The van der Waals surface area contributed by atoms with Gasteiger partial charge < -0.3 is 0 Å². The first-order valence-corrected chi connectivity index (χ1v) is 8.04. The maximum absolute atomic E-state index is 12.5. The molecular weight excluding hydrogens is 304 g/mol. The van der Waals surface area contributed by atoms with Crippen LogP contribution >= 0.6 is 0 Å². The quantitative estimate of drug-likeness (QED) is 0.691. The molecule has 0 radical (unpaired) electrons. The van der Waals surface area contributed by atoms with Crippen molar-refractivity contribution in [3.05, 3.63) is 63.2 Å². The number of non-ortho nitro benzene ring substituents is 1. The number of hydrogen-bond donors (Lipinski definition) is 1. The first kappa shape index (κ1) is 16.0. The Kier molecular flexibility index (Phi) is 4.18. The van der Waals surface area contributed by atoms with Gasteiger partial charge in [-0.25, -0.2) is 8.42 Å². The Hall–Kier alpha value is -2.41. The monoisotopic (exact) mass is 320 g/mol. The molecule has 0 saturated heterocycles. The summed E-state index contributed by atoms with van der Waals surface area (Å²) in [4.78, 5) is 10.4. The third-order valence-electron chi connectivity index (χ3n) is 3.30. The molecule has 1 N–H and O–H groups in total. The predicted molar refractivity (Wildman–Crippen MR) is 84.6 cm³/mol. The molecule has 0 unspecified atom stereocenters. The van der Waals surface area contributed by atoms with Gasteiger partial charge in [0.2, 0.25) is 0 Å². The zero-order valence-electron chi connectivity index (χ0n) is 12.5. The highest BCUT2D eigenvalue weighted by Crippen LogP contribution is 2.26. The lowest BCUT2D eigenvalue weighted by Gasteiger charge is -2.12. The largest absolute Gasteiger partial charge is 0.279 e. The van der Waals surface area contributed by atoms with E-state index in [-0.39, 0.29) is 16.3 Å². The molecule has 0 bridgehead atoms. The van der Waals surface area contributed by atoms with Crippen LogP contribution in [0, 0.1) is 30.9 Å². The van der Waals surface area contributed by atoms with E-state index in [1.54, 1.807) is 26.0 Å². The van der Waals surface area contributed by atoms with Gasteiger partial charge in [0, 0.05) is 12.1 Å². The third-order valence-corrected chi connectivity index (χ3v) is 4.82. The van der Waals surface area contributed by atoms with Crippen LogP contribution in [0.3, 0.4) is 0 Å². The minimum absolute atomic E-state index is 0.156. The minimum Gasteiger partial charge on any atom is -0.279 e. The summed E-state index contributed by atoms with van der Waals surface area (Å²) in [5.74, 6) is 0. The summed E-state index contributed by atoms with van der Waals surface area (Å²) >= 11 is 0. The van der Waals surface area contributed by atoms with Crippen LogP contribution in [-0.2, 0) is 10.0 Å². The molecule has 7 heteroatoms. The Labute approximate surface area is 129 Å². The predicted octanol–water partition coefficient (Wildman–Crippen LogP) is 3.32. The van der Waals surface area contributed by atoms with E-state index in [4.69, 9.17) is 0 Å². The van der Waals surface area contributed by atoms with Crippen LogP contribution < -0.4 is 4.72 Å². The van der Waals surface area contributed by atoms with Gasteiger partial charge in [0.25, 0.3) is 15.7 Å². The van der Waals surface area contributed by atoms with Crippen molar-refractivity contribution in [3.8, 4) is 0 Å². The molecule has 0 atom stereocenters. The van der Waals surface area contributed by atoms with E-state index < -0.39 is 14.9 Å². The highest BCUT2D eigenvalue weighted by molar-refractivity contribution is 7.92. The molecule has 0 spiro atoms. The molecule has 0 aromatic heterocycles. The number of sulfonamides is 1. The second-order valence-electron chi connectivity index (χ2n) is 5.13. The number of nitro groups is 1. The molecular formula is C15H16N2O4S. The lowest BCUT2D eigenvalue weighted by atomic mass is 10.2. The second kappa shape index (κ2) is 5.76. The van der Waals surface area contributed by atoms with E-state index in [0.29, 0.717) is 11.1 Å². The van der Waals surface area contributed by atoms with Crippen LogP contribution in [0.4, 0.5) is 11.4 Å². The Morgan fingerprint density at radius 2 is 1.68 bits per heavy atom. The topological polar surface area (TPSA) is 89.3 Å². The van der Waals surface area contributed by atoms with E-state index in [1.807, 2.05) is 6.92 Å². The number of rotatable bonds is 4. The fourth-order valence-electron chi connectivity index (χ4n) is 2.13. The molecule has 22 heavy (non-hydrogen) atoms. The van der Waals surface area contributed by atoms with Gasteiger partial charge in [0.15, 0.2) is 0 Å². The van der Waals surface area contributed by atoms with E-state index in [2.05, 4.69) is 4.72 Å². The van der Waals surface area contributed by atoms with Gasteiger partial charge in [-0.2, -0.15) is 0 Å². The lowest BCUT2D eigenvalue weighted by molar-refractivity contribution is -0.384. The molecule has 0 fully saturated rings. The SMILES string of the molecule is Cc1ccc(S(=O)(=O)Nc2cc([N+](=O)[O-])ccc2C)c(C)c1. The summed E-state index contributed by atoms with van der Waals surface area (Å²) in [6.45, 7) is 5.27. The number of aryl methyl sites for hydroxylation is 3. The van der Waals surface area contributed by atoms with Crippen LogP contribution in [0.25, 0.3) is 0 Å². The molecule has 2 aromatic carbocycles. The average Bonchev–Trinajstić information content (AvgIpc) is 2.40. The maximum atomic E-state index is 12.5. The van der Waals surface area contributed by atoms with Crippen LogP contribution in [0.1, 0.15) is 16.7 Å². The van der Waals surface area contributed by atoms with Gasteiger partial charge in [-0.3, -0.25) is 14.8 Å². The molecule has 0 aliphatic carbocycles. The summed E-state index contributed by atoms with van der Waals surface area (Å²) in [6.07, 6.45) is 0. The minimum atomic E-state index is -3.80. The summed E-state index contributed by atoms with van der Waals surface area (Å²) in [6, 6.07) is 9.08. The van der Waals surface area contributed by atoms with Crippen molar-refractivity contribution in [1.29, 1.82) is 0 Å². The summed E-state index contributed by atoms with van der Waals surface area (Å²) in [5, 5.41) is 10.8. The van der Waals surface area contributed by atoms with Crippen molar-refractivity contribution in [1.82, 2.24) is 0 Å². The second-order valence-corrected chi connectivity index (χ2v) is 6.78. The Balaban J connectivity index is 2.45. The summed E-state index contributed by atoms with van der Waals surface area (Å²) < 4.78 is 27.4. The lowest BCUT2D eigenvalue weighted by Crippen LogP contribution is -2.15. The number of benzene rings is 2. The molecule has 0 saturated carbocycles. The average molecular weight is 320 g/mol. The highest BCUT2D eigenvalue weighted by Gasteiger charge is 2.19. The van der Waals surface area contributed by atoms with E-state index in [1.165, 1.54) is 24.3 Å². The van der Waals surface area contributed by atoms with Gasteiger partial charge in [-0.1, -0.05) is 23.8 Å². The van der Waals surface area contributed by atoms with Crippen molar-refractivity contribution >= 4 is 21.4 Å². The highest BCUT2D eigenvalue weighted by atomic mass is 32.2. The van der Waals surface area contributed by atoms with E-state index in [9.17, 15) is 18.5 Å². The number of hydrogen-bond acceptors (Lipinski definition) is 4. The zero-order valence-corrected chi connectivity index (χ0v) is 13.3. The third kappa shape index (κ3) is 3.25. The number of anilines is 1. The fourth-order valence-corrected chi connectivity index (χ4v) is 3.48. The number of nitrogens with zero attached hydrogens (tertiary/aromatic N) is 1. The molecule has 0 aliphatic rings. The van der Waals surface area contributed by atoms with Gasteiger partial charge >= 0.3 is 0 Å². The smallest absolute Gasteiger partial charge is 0.271 e. The number of nitrogens with one attached hydrogen (secondary N) is 1. The first-order valence-electron chi connectivity index (χ1n) is 6.56. The normalized spacial score (nSPS) is 11.2. The van der Waals surface area contributed by atoms with Gasteiger partial charge in [-0.05, 0) is 38.0 Å². The van der Waals surface area contributed by atoms with Gasteiger partial charge in [-0.15, -0.1) is 0 Å². The van der Waals surface area contributed by atoms with Crippen molar-refractivity contribution in [2.75, 3.05) is 4.72 Å². The summed E-state index contributed by atoms with van der Waals surface area (Å²) in [7, 11) is -3.80. The molecule has 2 rings (SSSR count). The first-order chi connectivity index (χ1) is 10.2. The van der Waals surface area contributed by atoms with Crippen molar-refractivity contribution in [2.45, 2.75) is 25.7 Å². The van der Waals surface area contributed by atoms with Crippen LogP contribution in [-0.4, -0.2) is 13.3 Å². The van der Waals surface area contributed by atoms with Crippen LogP contribution in [0.2, 0.25) is 0 Å². The molecule has 6 nitrogen and oxygen atoms in total. The van der Waals surface area contributed by atoms with E-state index in [0.717, 1.165) is 5.56 Å². The van der Waals surface area contributed by atoms with Crippen LogP contribution in [0.15, 0.2) is 41.3 Å². The van der Waals surface area contributed by atoms with Crippen molar-refractivity contribution in [2.24, 2.45) is 0 Å². The van der Waals surface area contributed by atoms with Crippen molar-refractivity contribution < 1.29 is 13.3 Å². The Bertz CT molecular complexity index is 845. The standard InChI is InChI=1S/C15H16N2O4S/c1-10-4-7-15(12(3)8-10)22(20,21)16-14-9-13(17(18)19)6-5-11(14)2/h4-9,16H,1-3H3. The molecule has 0 aliphatic heterocycles. The number of nitro benzene ring substituents is 1. The maximum Gasteiger partial charge on any atom is 0.271 e. The molecule has 2 aromatic rings. The summed E-state index contributed by atoms with van der Waals surface area (Å²) in [5.41, 5.74) is 2.23. The molecule has 116 valence electrons. The molecule has 0 amide bonds. The zero-order chi connectivity index (χ0) is 16.5. The van der Waals surface area contributed by atoms with Gasteiger partial charge in [0.05, 0.1) is 15.5 Å².